The Hall–Kier alpha value is -4.56. The van der Waals surface area contributed by atoms with Crippen LogP contribution in [0.3, 0.4) is 0 Å². The molecule has 1 saturated heterocycles. The third kappa shape index (κ3) is 7.45. The summed E-state index contributed by atoms with van der Waals surface area (Å²) in [5.74, 6) is -0.333. The fourth-order valence-electron chi connectivity index (χ4n) is 5.58. The maximum absolute atomic E-state index is 13.3. The minimum atomic E-state index is -0.354. The number of rotatable bonds is 11. The first-order chi connectivity index (χ1) is 20.9. The van der Waals surface area contributed by atoms with Crippen molar-refractivity contribution in [3.8, 4) is 0 Å². The average molecular weight is 580 g/mol. The zero-order valence-electron chi connectivity index (χ0n) is 25.3. The molecule has 1 fully saturated rings. The fraction of sp³-hybridized carbons (Fsp3) is 0.314. The topological polar surface area (TPSA) is 81.1 Å². The van der Waals surface area contributed by atoms with Crippen LogP contribution in [-0.4, -0.2) is 56.0 Å². The van der Waals surface area contributed by atoms with Crippen LogP contribution < -0.4 is 20.4 Å². The molecule has 2 amide bonds. The van der Waals surface area contributed by atoms with Crippen LogP contribution in [0.2, 0.25) is 0 Å². The standard InChI is InChI=1S/C35H41N5O3/c1-4-38(5-2)25-28-12-8-11-27(22-28)24-36-34(41)29-15-16-32(30(23-29)37-35(42)33-14-9-21-43-33)40-19-17-39(18-20-40)31-13-7-6-10-26(31)3/h6-16,21-23H,4-5,17-20,24-25H2,1-3H3,(H,36,41)(H,37,42). The van der Waals surface area contributed by atoms with Crippen molar-refractivity contribution in [3.63, 3.8) is 0 Å². The van der Waals surface area contributed by atoms with Crippen molar-refractivity contribution < 1.29 is 14.0 Å². The van der Waals surface area contributed by atoms with Gasteiger partial charge in [0, 0.05) is 50.5 Å². The summed E-state index contributed by atoms with van der Waals surface area (Å²) < 4.78 is 5.33. The van der Waals surface area contributed by atoms with Crippen LogP contribution >= 0.6 is 0 Å². The first kappa shape index (κ1) is 29.9. The molecule has 1 aliphatic rings. The number of carbonyl (C=O) groups is 2. The summed E-state index contributed by atoms with van der Waals surface area (Å²) in [4.78, 5) is 33.3. The molecule has 0 spiro atoms. The molecule has 8 nitrogen and oxygen atoms in total. The van der Waals surface area contributed by atoms with Crippen molar-refractivity contribution >= 4 is 28.9 Å². The molecule has 43 heavy (non-hydrogen) atoms. The minimum absolute atomic E-state index is 0.196. The number of hydrogen-bond donors (Lipinski definition) is 2. The molecule has 2 N–H and O–H groups in total. The summed E-state index contributed by atoms with van der Waals surface area (Å²) in [7, 11) is 0. The lowest BCUT2D eigenvalue weighted by Crippen LogP contribution is -2.47. The van der Waals surface area contributed by atoms with Crippen LogP contribution in [0, 0.1) is 6.92 Å². The molecule has 5 rings (SSSR count). The van der Waals surface area contributed by atoms with E-state index in [1.807, 2.05) is 24.3 Å². The zero-order valence-corrected chi connectivity index (χ0v) is 25.3. The molecule has 4 aromatic rings. The van der Waals surface area contributed by atoms with Crippen LogP contribution in [-0.2, 0) is 13.1 Å². The van der Waals surface area contributed by atoms with E-state index in [0.717, 1.165) is 57.1 Å². The van der Waals surface area contributed by atoms with E-state index in [1.165, 1.54) is 23.1 Å². The molecule has 0 radical (unpaired) electrons. The maximum atomic E-state index is 13.3. The Labute approximate surface area is 254 Å². The van der Waals surface area contributed by atoms with Crippen molar-refractivity contribution in [2.75, 3.05) is 54.4 Å². The first-order valence-electron chi connectivity index (χ1n) is 15.1. The highest BCUT2D eigenvalue weighted by atomic mass is 16.3. The molecule has 0 bridgehead atoms. The van der Waals surface area contributed by atoms with Crippen molar-refractivity contribution in [2.45, 2.75) is 33.9 Å². The number of hydrogen-bond acceptors (Lipinski definition) is 6. The van der Waals surface area contributed by atoms with Gasteiger partial charge in [0.15, 0.2) is 5.76 Å². The minimum Gasteiger partial charge on any atom is -0.459 e. The van der Waals surface area contributed by atoms with Gasteiger partial charge in [0.2, 0.25) is 0 Å². The number of nitrogens with zero attached hydrogens (tertiary/aromatic N) is 3. The van der Waals surface area contributed by atoms with Crippen LogP contribution in [0.5, 0.6) is 0 Å². The molecule has 8 heteroatoms. The fourth-order valence-corrected chi connectivity index (χ4v) is 5.58. The molecule has 0 saturated carbocycles. The van der Waals surface area contributed by atoms with Crippen molar-refractivity contribution in [3.05, 3.63) is 113 Å². The highest BCUT2D eigenvalue weighted by molar-refractivity contribution is 6.05. The number of piperazine rings is 1. The van der Waals surface area contributed by atoms with E-state index in [0.29, 0.717) is 17.8 Å². The molecule has 224 valence electrons. The summed E-state index contributed by atoms with van der Waals surface area (Å²) in [5.41, 5.74) is 6.73. The van der Waals surface area contributed by atoms with E-state index in [1.54, 1.807) is 18.2 Å². The Morgan fingerprint density at radius 2 is 1.51 bits per heavy atom. The van der Waals surface area contributed by atoms with E-state index >= 15 is 0 Å². The highest BCUT2D eigenvalue weighted by Crippen LogP contribution is 2.30. The summed E-state index contributed by atoms with van der Waals surface area (Å²) in [5, 5.41) is 6.05. The van der Waals surface area contributed by atoms with Crippen LogP contribution in [0.25, 0.3) is 0 Å². The molecule has 2 heterocycles. The van der Waals surface area contributed by atoms with Crippen LogP contribution in [0.15, 0.2) is 89.5 Å². The van der Waals surface area contributed by atoms with Gasteiger partial charge in [0.1, 0.15) is 0 Å². The smallest absolute Gasteiger partial charge is 0.291 e. The second kappa shape index (κ2) is 14.1. The Kier molecular flexibility index (Phi) is 9.79. The summed E-state index contributed by atoms with van der Waals surface area (Å²) in [6, 6.07) is 25.6. The number of furan rings is 1. The van der Waals surface area contributed by atoms with Crippen LogP contribution in [0.4, 0.5) is 17.1 Å². The van der Waals surface area contributed by atoms with Crippen molar-refractivity contribution in [1.82, 2.24) is 10.2 Å². The summed E-state index contributed by atoms with van der Waals surface area (Å²) in [6.45, 7) is 13.0. The van der Waals surface area contributed by atoms with E-state index < -0.39 is 0 Å². The number of nitrogens with one attached hydrogen (secondary N) is 2. The Morgan fingerprint density at radius 3 is 2.21 bits per heavy atom. The molecular formula is C35H41N5O3. The Morgan fingerprint density at radius 1 is 0.791 bits per heavy atom. The predicted molar refractivity (Wildman–Crippen MR) is 173 cm³/mol. The van der Waals surface area contributed by atoms with Gasteiger partial charge in [-0.3, -0.25) is 14.5 Å². The van der Waals surface area contributed by atoms with Gasteiger partial charge in [0.25, 0.3) is 11.8 Å². The van der Waals surface area contributed by atoms with E-state index in [-0.39, 0.29) is 17.6 Å². The predicted octanol–water partition coefficient (Wildman–Crippen LogP) is 5.94. The second-order valence-electron chi connectivity index (χ2n) is 10.9. The molecule has 3 aromatic carbocycles. The van der Waals surface area contributed by atoms with E-state index in [2.05, 4.69) is 82.5 Å². The zero-order chi connectivity index (χ0) is 30.2. The molecule has 1 aromatic heterocycles. The van der Waals surface area contributed by atoms with Gasteiger partial charge >= 0.3 is 0 Å². The third-order valence-corrected chi connectivity index (χ3v) is 8.07. The van der Waals surface area contributed by atoms with Gasteiger partial charge in [-0.05, 0) is 73.1 Å². The number of aryl methyl sites for hydroxylation is 1. The van der Waals surface area contributed by atoms with Crippen LogP contribution in [0.1, 0.15) is 51.5 Å². The van der Waals surface area contributed by atoms with E-state index in [9.17, 15) is 9.59 Å². The lowest BCUT2D eigenvalue weighted by molar-refractivity contribution is 0.0949. The lowest BCUT2D eigenvalue weighted by atomic mass is 10.1. The highest BCUT2D eigenvalue weighted by Gasteiger charge is 2.23. The number of amides is 2. The molecule has 1 aliphatic heterocycles. The monoisotopic (exact) mass is 579 g/mol. The summed E-state index contributed by atoms with van der Waals surface area (Å²) in [6.07, 6.45) is 1.47. The molecule has 0 atom stereocenters. The number of anilines is 3. The average Bonchev–Trinajstić information content (AvgIpc) is 3.59. The van der Waals surface area contributed by atoms with Crippen molar-refractivity contribution in [1.29, 1.82) is 0 Å². The van der Waals surface area contributed by atoms with Gasteiger partial charge in [-0.1, -0.05) is 56.3 Å². The van der Waals surface area contributed by atoms with E-state index in [4.69, 9.17) is 4.42 Å². The number of carbonyl (C=O) groups excluding carboxylic acids is 2. The van der Waals surface area contributed by atoms with Gasteiger partial charge in [-0.15, -0.1) is 0 Å². The largest absolute Gasteiger partial charge is 0.459 e. The SMILES string of the molecule is CCN(CC)Cc1cccc(CNC(=O)c2ccc(N3CCN(c4ccccc4C)CC3)c(NC(=O)c3ccco3)c2)c1. The van der Waals surface area contributed by atoms with Crippen molar-refractivity contribution in [2.24, 2.45) is 0 Å². The maximum Gasteiger partial charge on any atom is 0.291 e. The molecular weight excluding hydrogens is 538 g/mol. The molecule has 0 aliphatic carbocycles. The number of para-hydroxylation sites is 1. The van der Waals surface area contributed by atoms with Gasteiger partial charge < -0.3 is 24.9 Å². The van der Waals surface area contributed by atoms with Gasteiger partial charge in [-0.2, -0.15) is 0 Å². The molecule has 0 unspecified atom stereocenters. The second-order valence-corrected chi connectivity index (χ2v) is 10.9. The number of benzene rings is 3. The normalized spacial score (nSPS) is 13.3. The third-order valence-electron chi connectivity index (χ3n) is 8.07. The Balaban J connectivity index is 1.30. The van der Waals surface area contributed by atoms with Gasteiger partial charge in [-0.25, -0.2) is 0 Å². The summed E-state index contributed by atoms with van der Waals surface area (Å²) >= 11 is 0. The van der Waals surface area contributed by atoms with Gasteiger partial charge in [0.05, 0.1) is 17.6 Å². The lowest BCUT2D eigenvalue weighted by Gasteiger charge is -2.38. The quantitative estimate of drug-likeness (QED) is 0.229. The first-order valence-corrected chi connectivity index (χ1v) is 15.1. The Bertz CT molecular complexity index is 1520.